The van der Waals surface area contributed by atoms with Crippen LogP contribution in [0.15, 0.2) is 54.6 Å². The lowest BCUT2D eigenvalue weighted by molar-refractivity contribution is -0.165. The molecular formula is C18H14N2O2. The van der Waals surface area contributed by atoms with Gasteiger partial charge in [-0.05, 0) is 6.07 Å². The molecule has 1 aliphatic rings. The Kier molecular flexibility index (Phi) is 3.55. The zero-order valence-electron chi connectivity index (χ0n) is 11.8. The highest BCUT2D eigenvalue weighted by Gasteiger charge is 2.43. The van der Waals surface area contributed by atoms with Gasteiger partial charge < -0.3 is 9.84 Å². The molecule has 108 valence electrons. The third-order valence-corrected chi connectivity index (χ3v) is 4.00. The van der Waals surface area contributed by atoms with Crippen molar-refractivity contribution in [1.82, 2.24) is 0 Å². The highest BCUT2D eigenvalue weighted by Crippen LogP contribution is 2.47. The van der Waals surface area contributed by atoms with E-state index in [-0.39, 0.29) is 6.42 Å². The van der Waals surface area contributed by atoms with Crippen molar-refractivity contribution in [3.63, 3.8) is 0 Å². The maximum absolute atomic E-state index is 11.0. The largest absolute Gasteiger partial charge is 0.458 e. The number of fused-ring (bicyclic) bond motifs is 1. The Morgan fingerprint density at radius 1 is 1.05 bits per heavy atom. The summed E-state index contributed by atoms with van der Waals surface area (Å²) in [6, 6.07) is 20.3. The Morgan fingerprint density at radius 2 is 1.68 bits per heavy atom. The Balaban J connectivity index is 2.10. The molecule has 2 atom stereocenters. The molecule has 1 aliphatic heterocycles. The van der Waals surface area contributed by atoms with E-state index < -0.39 is 17.6 Å². The SMILES string of the molecule is N#CC(C#N)C1CC(O)(c2ccccc2)Oc2ccccc21. The fourth-order valence-corrected chi connectivity index (χ4v) is 2.89. The van der Waals surface area contributed by atoms with Gasteiger partial charge in [-0.3, -0.25) is 0 Å². The Bertz CT molecular complexity index is 747. The normalized spacial score (nSPS) is 23.0. The van der Waals surface area contributed by atoms with Crippen molar-refractivity contribution in [3.8, 4) is 17.9 Å². The van der Waals surface area contributed by atoms with E-state index in [4.69, 9.17) is 4.74 Å². The predicted octanol–water partition coefficient (Wildman–Crippen LogP) is 3.06. The summed E-state index contributed by atoms with van der Waals surface area (Å²) in [5.41, 5.74) is 1.40. The van der Waals surface area contributed by atoms with Crippen LogP contribution in [0.4, 0.5) is 0 Å². The van der Waals surface area contributed by atoms with E-state index in [9.17, 15) is 15.6 Å². The average molecular weight is 290 g/mol. The van der Waals surface area contributed by atoms with Crippen molar-refractivity contribution in [2.75, 3.05) is 0 Å². The van der Waals surface area contributed by atoms with E-state index in [0.29, 0.717) is 11.3 Å². The first kappa shape index (κ1) is 14.1. The van der Waals surface area contributed by atoms with Gasteiger partial charge in [-0.1, -0.05) is 48.5 Å². The second kappa shape index (κ2) is 5.52. The molecule has 2 unspecified atom stereocenters. The van der Waals surface area contributed by atoms with Crippen molar-refractivity contribution in [3.05, 3.63) is 65.7 Å². The molecule has 0 amide bonds. The van der Waals surface area contributed by atoms with Gasteiger partial charge in [-0.2, -0.15) is 10.5 Å². The molecule has 0 saturated heterocycles. The molecule has 1 heterocycles. The summed E-state index contributed by atoms with van der Waals surface area (Å²) in [4.78, 5) is 0. The number of para-hydroxylation sites is 1. The Labute approximate surface area is 128 Å². The molecule has 2 aromatic carbocycles. The number of ether oxygens (including phenoxy) is 1. The van der Waals surface area contributed by atoms with E-state index in [1.807, 2.05) is 42.5 Å². The average Bonchev–Trinajstić information content (AvgIpc) is 2.56. The molecule has 0 fully saturated rings. The van der Waals surface area contributed by atoms with Gasteiger partial charge in [0.25, 0.3) is 0 Å². The minimum absolute atomic E-state index is 0.166. The van der Waals surface area contributed by atoms with Crippen molar-refractivity contribution in [1.29, 1.82) is 10.5 Å². The van der Waals surface area contributed by atoms with E-state index in [2.05, 4.69) is 0 Å². The topological polar surface area (TPSA) is 77.0 Å². The molecule has 0 spiro atoms. The highest BCUT2D eigenvalue weighted by molar-refractivity contribution is 5.42. The molecule has 0 bridgehead atoms. The first-order valence-corrected chi connectivity index (χ1v) is 7.03. The standard InChI is InChI=1S/C18H14N2O2/c19-11-13(12-20)16-10-18(21,14-6-2-1-3-7-14)22-17-9-5-4-8-15(16)17/h1-9,13,16,21H,10H2. The third-order valence-electron chi connectivity index (χ3n) is 4.00. The number of benzene rings is 2. The maximum Gasteiger partial charge on any atom is 0.235 e. The van der Waals surface area contributed by atoms with Crippen LogP contribution in [0.2, 0.25) is 0 Å². The van der Waals surface area contributed by atoms with Crippen molar-refractivity contribution < 1.29 is 9.84 Å². The minimum atomic E-state index is -1.54. The first-order valence-electron chi connectivity index (χ1n) is 7.03. The lowest BCUT2D eigenvalue weighted by Gasteiger charge is -2.39. The maximum atomic E-state index is 11.0. The minimum Gasteiger partial charge on any atom is -0.458 e. The second-order valence-corrected chi connectivity index (χ2v) is 5.34. The number of nitriles is 2. The monoisotopic (exact) mass is 290 g/mol. The summed E-state index contributed by atoms with van der Waals surface area (Å²) in [6.07, 6.45) is 0.166. The molecule has 2 aromatic rings. The summed E-state index contributed by atoms with van der Waals surface area (Å²) in [5, 5.41) is 29.5. The second-order valence-electron chi connectivity index (χ2n) is 5.34. The predicted molar refractivity (Wildman–Crippen MR) is 79.5 cm³/mol. The zero-order valence-corrected chi connectivity index (χ0v) is 11.8. The molecule has 4 nitrogen and oxygen atoms in total. The van der Waals surface area contributed by atoms with Gasteiger partial charge in [-0.15, -0.1) is 0 Å². The molecular weight excluding hydrogens is 276 g/mol. The molecule has 0 radical (unpaired) electrons. The third kappa shape index (κ3) is 2.30. The van der Waals surface area contributed by atoms with E-state index in [0.717, 1.165) is 5.56 Å². The number of aliphatic hydroxyl groups is 1. The Morgan fingerprint density at radius 3 is 2.36 bits per heavy atom. The van der Waals surface area contributed by atoms with Gasteiger partial charge in [0.1, 0.15) is 11.7 Å². The number of hydrogen-bond acceptors (Lipinski definition) is 4. The van der Waals surface area contributed by atoms with Gasteiger partial charge in [0.2, 0.25) is 5.79 Å². The van der Waals surface area contributed by atoms with Crippen molar-refractivity contribution >= 4 is 0 Å². The summed E-state index contributed by atoms with van der Waals surface area (Å²) in [5.74, 6) is -2.25. The smallest absolute Gasteiger partial charge is 0.235 e. The summed E-state index contributed by atoms with van der Waals surface area (Å²) in [6.45, 7) is 0. The molecule has 0 saturated carbocycles. The zero-order chi connectivity index (χ0) is 15.6. The summed E-state index contributed by atoms with van der Waals surface area (Å²) in [7, 11) is 0. The van der Waals surface area contributed by atoms with Crippen LogP contribution >= 0.6 is 0 Å². The van der Waals surface area contributed by atoms with Gasteiger partial charge in [0.15, 0.2) is 0 Å². The number of nitrogens with zero attached hydrogens (tertiary/aromatic N) is 2. The lowest BCUT2D eigenvalue weighted by Crippen LogP contribution is -2.39. The van der Waals surface area contributed by atoms with Crippen LogP contribution in [-0.4, -0.2) is 5.11 Å². The quantitative estimate of drug-likeness (QED) is 0.922. The van der Waals surface area contributed by atoms with Crippen molar-refractivity contribution in [2.24, 2.45) is 5.92 Å². The molecule has 0 aliphatic carbocycles. The van der Waals surface area contributed by atoms with Crippen LogP contribution in [-0.2, 0) is 5.79 Å². The molecule has 3 rings (SSSR count). The molecule has 4 heteroatoms. The fraction of sp³-hybridized carbons (Fsp3) is 0.222. The van der Waals surface area contributed by atoms with Crippen molar-refractivity contribution in [2.45, 2.75) is 18.1 Å². The van der Waals surface area contributed by atoms with E-state index in [1.54, 1.807) is 24.3 Å². The highest BCUT2D eigenvalue weighted by atomic mass is 16.6. The van der Waals surface area contributed by atoms with Crippen LogP contribution in [0.25, 0.3) is 0 Å². The number of hydrogen-bond donors (Lipinski definition) is 1. The van der Waals surface area contributed by atoms with E-state index in [1.165, 1.54) is 0 Å². The molecule has 22 heavy (non-hydrogen) atoms. The Hall–Kier alpha value is -2.82. The molecule has 1 N–H and O–H groups in total. The van der Waals surface area contributed by atoms with E-state index >= 15 is 0 Å². The van der Waals surface area contributed by atoms with Gasteiger partial charge in [0.05, 0.1) is 12.1 Å². The van der Waals surface area contributed by atoms with Gasteiger partial charge in [0, 0.05) is 23.5 Å². The van der Waals surface area contributed by atoms with Crippen LogP contribution in [0.3, 0.4) is 0 Å². The van der Waals surface area contributed by atoms with Crippen LogP contribution in [0.5, 0.6) is 5.75 Å². The first-order chi connectivity index (χ1) is 10.7. The van der Waals surface area contributed by atoms with Gasteiger partial charge in [-0.25, -0.2) is 0 Å². The summed E-state index contributed by atoms with van der Waals surface area (Å²) >= 11 is 0. The van der Waals surface area contributed by atoms with Crippen LogP contribution in [0, 0.1) is 28.6 Å². The molecule has 0 aromatic heterocycles. The fourth-order valence-electron chi connectivity index (χ4n) is 2.89. The lowest BCUT2D eigenvalue weighted by atomic mass is 9.78. The van der Waals surface area contributed by atoms with Gasteiger partial charge >= 0.3 is 0 Å². The summed E-state index contributed by atoms with van der Waals surface area (Å²) < 4.78 is 5.81. The number of rotatable bonds is 2. The van der Waals surface area contributed by atoms with Crippen LogP contribution < -0.4 is 4.74 Å². The van der Waals surface area contributed by atoms with Crippen LogP contribution in [0.1, 0.15) is 23.5 Å².